The number of H-pyrrole nitrogens is 2. The van der Waals surface area contributed by atoms with Crippen molar-refractivity contribution in [3.8, 4) is 0 Å². The highest BCUT2D eigenvalue weighted by Crippen LogP contribution is 2.39. The van der Waals surface area contributed by atoms with Crippen molar-refractivity contribution in [2.45, 2.75) is 33.6 Å². The minimum Gasteiger partial charge on any atom is -0.463 e. The van der Waals surface area contributed by atoms with Crippen LogP contribution in [-0.2, 0) is 9.53 Å². The van der Waals surface area contributed by atoms with E-state index in [0.717, 1.165) is 24.3 Å². The Balaban J connectivity index is 2.18. The minimum absolute atomic E-state index is 0.220. The molecule has 1 aliphatic heterocycles. The summed E-state index contributed by atoms with van der Waals surface area (Å²) in [6.45, 7) is 9.60. The number of carbonyl (C=O) groups is 1. The van der Waals surface area contributed by atoms with Gasteiger partial charge in [-0.05, 0) is 45.4 Å². The molecule has 3 rings (SSSR count). The fourth-order valence-electron chi connectivity index (χ4n) is 3.77. The number of nitrogens with zero attached hydrogens (tertiary/aromatic N) is 1. The Bertz CT molecular complexity index is 1050. The SMILES string of the molecule is CCOC(=O)C1=C(C)Nc2[nH]c(=O)[nH]c(=O)c2C1c1ccc(N(CC)CC)cc1. The molecule has 8 heteroatoms. The van der Waals surface area contributed by atoms with Gasteiger partial charge in [-0.15, -0.1) is 0 Å². The van der Waals surface area contributed by atoms with Crippen molar-refractivity contribution in [3.05, 3.63) is 67.5 Å². The van der Waals surface area contributed by atoms with Crippen LogP contribution in [0.3, 0.4) is 0 Å². The minimum atomic E-state index is -0.656. The van der Waals surface area contributed by atoms with Gasteiger partial charge in [0.2, 0.25) is 0 Å². The van der Waals surface area contributed by atoms with Gasteiger partial charge in [0.25, 0.3) is 5.56 Å². The molecule has 29 heavy (non-hydrogen) atoms. The van der Waals surface area contributed by atoms with Gasteiger partial charge in [-0.25, -0.2) is 9.59 Å². The molecule has 0 fully saturated rings. The van der Waals surface area contributed by atoms with Gasteiger partial charge in [-0.3, -0.25) is 14.8 Å². The molecule has 0 bridgehead atoms. The first-order chi connectivity index (χ1) is 13.9. The van der Waals surface area contributed by atoms with Gasteiger partial charge in [0.1, 0.15) is 5.82 Å². The Morgan fingerprint density at radius 2 is 1.72 bits per heavy atom. The molecule has 1 unspecified atom stereocenters. The van der Waals surface area contributed by atoms with E-state index in [-0.39, 0.29) is 12.2 Å². The van der Waals surface area contributed by atoms with Crippen molar-refractivity contribution in [1.29, 1.82) is 0 Å². The summed E-state index contributed by atoms with van der Waals surface area (Å²) >= 11 is 0. The van der Waals surface area contributed by atoms with Crippen LogP contribution < -0.4 is 21.5 Å². The first kappa shape index (κ1) is 20.4. The predicted molar refractivity (Wildman–Crippen MR) is 112 cm³/mol. The maximum Gasteiger partial charge on any atom is 0.336 e. The van der Waals surface area contributed by atoms with E-state index < -0.39 is 23.1 Å². The Morgan fingerprint density at radius 1 is 1.07 bits per heavy atom. The van der Waals surface area contributed by atoms with E-state index in [1.165, 1.54) is 0 Å². The zero-order chi connectivity index (χ0) is 21.1. The normalized spacial score (nSPS) is 15.5. The van der Waals surface area contributed by atoms with Crippen molar-refractivity contribution < 1.29 is 9.53 Å². The number of esters is 1. The average Bonchev–Trinajstić information content (AvgIpc) is 2.68. The number of carbonyl (C=O) groups excluding carboxylic acids is 1. The Labute approximate surface area is 168 Å². The van der Waals surface area contributed by atoms with Crippen LogP contribution in [0.4, 0.5) is 11.5 Å². The van der Waals surface area contributed by atoms with E-state index in [1.54, 1.807) is 13.8 Å². The lowest BCUT2D eigenvalue weighted by Crippen LogP contribution is -2.35. The van der Waals surface area contributed by atoms with Crippen molar-refractivity contribution in [2.75, 3.05) is 29.9 Å². The summed E-state index contributed by atoms with van der Waals surface area (Å²) in [5.74, 6) is -0.856. The summed E-state index contributed by atoms with van der Waals surface area (Å²) in [5, 5.41) is 2.97. The quantitative estimate of drug-likeness (QED) is 0.645. The molecule has 0 saturated heterocycles. The zero-order valence-electron chi connectivity index (χ0n) is 17.1. The van der Waals surface area contributed by atoms with E-state index >= 15 is 0 Å². The van der Waals surface area contributed by atoms with Crippen LogP contribution in [0, 0.1) is 0 Å². The third-order valence-electron chi connectivity index (χ3n) is 5.12. The standard InChI is InChI=1S/C21H26N4O4/c1-5-25(6-2)14-10-8-13(9-11-14)16-15(20(27)29-7-3)12(4)22-18-17(16)19(26)24-21(28)23-18/h8-11,16H,5-7H2,1-4H3,(H3,22,23,24,26,28). The van der Waals surface area contributed by atoms with Crippen LogP contribution in [0.5, 0.6) is 0 Å². The maximum atomic E-state index is 12.7. The molecule has 8 nitrogen and oxygen atoms in total. The van der Waals surface area contributed by atoms with E-state index in [1.807, 2.05) is 24.3 Å². The van der Waals surface area contributed by atoms with Gasteiger partial charge >= 0.3 is 11.7 Å². The maximum absolute atomic E-state index is 12.7. The van der Waals surface area contributed by atoms with Crippen LogP contribution in [0.15, 0.2) is 45.1 Å². The van der Waals surface area contributed by atoms with Crippen molar-refractivity contribution >= 4 is 17.5 Å². The first-order valence-electron chi connectivity index (χ1n) is 9.77. The highest BCUT2D eigenvalue weighted by Gasteiger charge is 2.35. The van der Waals surface area contributed by atoms with Crippen LogP contribution in [-0.4, -0.2) is 35.6 Å². The number of hydrogen-bond donors (Lipinski definition) is 3. The van der Waals surface area contributed by atoms with Crippen LogP contribution >= 0.6 is 0 Å². The van der Waals surface area contributed by atoms with Gasteiger partial charge < -0.3 is 15.0 Å². The third-order valence-corrected chi connectivity index (χ3v) is 5.12. The number of benzene rings is 1. The largest absolute Gasteiger partial charge is 0.463 e. The average molecular weight is 398 g/mol. The van der Waals surface area contributed by atoms with E-state index in [0.29, 0.717) is 17.1 Å². The van der Waals surface area contributed by atoms with Gasteiger partial charge in [0.15, 0.2) is 0 Å². The second-order valence-corrected chi connectivity index (χ2v) is 6.78. The van der Waals surface area contributed by atoms with Crippen molar-refractivity contribution in [1.82, 2.24) is 9.97 Å². The zero-order valence-corrected chi connectivity index (χ0v) is 17.1. The molecule has 3 N–H and O–H groups in total. The lowest BCUT2D eigenvalue weighted by Gasteiger charge is -2.29. The van der Waals surface area contributed by atoms with Gasteiger partial charge in [0.05, 0.1) is 23.7 Å². The molecule has 0 amide bonds. The number of allylic oxidation sites excluding steroid dienone is 1. The molecule has 0 saturated carbocycles. The first-order valence-corrected chi connectivity index (χ1v) is 9.77. The molecule has 0 radical (unpaired) electrons. The number of hydrogen-bond acceptors (Lipinski definition) is 6. The molecular formula is C21H26N4O4. The second-order valence-electron chi connectivity index (χ2n) is 6.78. The van der Waals surface area contributed by atoms with Gasteiger partial charge in [-0.2, -0.15) is 0 Å². The molecular weight excluding hydrogens is 372 g/mol. The number of ether oxygens (including phenoxy) is 1. The van der Waals surface area contributed by atoms with E-state index in [2.05, 4.69) is 34.0 Å². The number of aromatic amines is 2. The summed E-state index contributed by atoms with van der Waals surface area (Å²) in [7, 11) is 0. The molecule has 2 aromatic rings. The molecule has 1 aromatic heterocycles. The summed E-state index contributed by atoms with van der Waals surface area (Å²) in [4.78, 5) is 44.2. The molecule has 1 atom stereocenters. The molecule has 0 spiro atoms. The summed E-state index contributed by atoms with van der Waals surface area (Å²) < 4.78 is 5.25. The van der Waals surface area contributed by atoms with Crippen LogP contribution in [0.2, 0.25) is 0 Å². The van der Waals surface area contributed by atoms with Gasteiger partial charge in [-0.1, -0.05) is 12.1 Å². The van der Waals surface area contributed by atoms with Crippen molar-refractivity contribution in [3.63, 3.8) is 0 Å². The fraction of sp³-hybridized carbons (Fsp3) is 0.381. The van der Waals surface area contributed by atoms with Crippen molar-refractivity contribution in [2.24, 2.45) is 0 Å². The highest BCUT2D eigenvalue weighted by molar-refractivity contribution is 5.94. The number of nitrogens with one attached hydrogen (secondary N) is 3. The molecule has 0 aliphatic carbocycles. The predicted octanol–water partition coefficient (Wildman–Crippen LogP) is 2.30. The molecule has 1 aromatic carbocycles. The monoisotopic (exact) mass is 398 g/mol. The smallest absolute Gasteiger partial charge is 0.336 e. The summed E-state index contributed by atoms with van der Waals surface area (Å²) in [5.41, 5.74) is 1.86. The van der Waals surface area contributed by atoms with Gasteiger partial charge in [0, 0.05) is 24.5 Å². The lowest BCUT2D eigenvalue weighted by atomic mass is 9.82. The van der Waals surface area contributed by atoms with Crippen LogP contribution in [0.1, 0.15) is 44.7 Å². The summed E-state index contributed by atoms with van der Waals surface area (Å²) in [6, 6.07) is 7.76. The summed E-state index contributed by atoms with van der Waals surface area (Å²) in [6.07, 6.45) is 0. The Hall–Kier alpha value is -3.29. The highest BCUT2D eigenvalue weighted by atomic mass is 16.5. The fourth-order valence-corrected chi connectivity index (χ4v) is 3.77. The van der Waals surface area contributed by atoms with E-state index in [4.69, 9.17) is 4.74 Å². The Kier molecular flexibility index (Phi) is 5.91. The molecule has 2 heterocycles. The topological polar surface area (TPSA) is 107 Å². The van der Waals surface area contributed by atoms with E-state index in [9.17, 15) is 14.4 Å². The molecule has 154 valence electrons. The number of fused-ring (bicyclic) bond motifs is 1. The second kappa shape index (κ2) is 8.38. The third kappa shape index (κ3) is 3.83. The molecule has 1 aliphatic rings. The Morgan fingerprint density at radius 3 is 2.31 bits per heavy atom. The number of rotatable bonds is 6. The van der Waals surface area contributed by atoms with Crippen LogP contribution in [0.25, 0.3) is 0 Å². The number of anilines is 2. The lowest BCUT2D eigenvalue weighted by molar-refractivity contribution is -0.138. The number of aromatic nitrogens is 2.